The fourth-order valence-corrected chi connectivity index (χ4v) is 3.88. The summed E-state index contributed by atoms with van der Waals surface area (Å²) in [6, 6.07) is 6.94. The molecule has 2 aromatic heterocycles. The zero-order valence-electron chi connectivity index (χ0n) is 15.1. The first-order valence-electron chi connectivity index (χ1n) is 8.88. The molecule has 0 atom stereocenters. The molecule has 5 heteroatoms. The number of Topliss-reactive ketones (excluding diaryl/α,β-unsaturated/α-hetero) is 1. The molecule has 1 aliphatic heterocycles. The van der Waals surface area contributed by atoms with E-state index in [1.807, 2.05) is 6.07 Å². The summed E-state index contributed by atoms with van der Waals surface area (Å²) in [5.74, 6) is 0.172. The van der Waals surface area contributed by atoms with Crippen molar-refractivity contribution in [2.24, 2.45) is 0 Å². The van der Waals surface area contributed by atoms with Crippen molar-refractivity contribution in [3.05, 3.63) is 56.9 Å². The predicted molar refractivity (Wildman–Crippen MR) is 101 cm³/mol. The Morgan fingerprint density at radius 2 is 2.04 bits per heavy atom. The summed E-state index contributed by atoms with van der Waals surface area (Å²) in [6.45, 7) is 6.02. The molecule has 1 aliphatic rings. The van der Waals surface area contributed by atoms with Crippen molar-refractivity contribution in [2.75, 3.05) is 0 Å². The lowest BCUT2D eigenvalue weighted by Crippen LogP contribution is -2.24. The average molecular weight is 348 g/mol. The molecule has 0 aliphatic carbocycles. The van der Waals surface area contributed by atoms with E-state index in [-0.39, 0.29) is 17.1 Å². The molecule has 0 amide bonds. The van der Waals surface area contributed by atoms with Crippen molar-refractivity contribution in [3.63, 3.8) is 0 Å². The van der Waals surface area contributed by atoms with Crippen LogP contribution in [-0.2, 0) is 13.0 Å². The van der Waals surface area contributed by atoms with E-state index in [9.17, 15) is 14.7 Å². The molecule has 0 spiro atoms. The third-order valence-corrected chi connectivity index (χ3v) is 5.26. The van der Waals surface area contributed by atoms with Crippen LogP contribution in [-0.4, -0.2) is 20.4 Å². The Bertz CT molecular complexity index is 1140. The van der Waals surface area contributed by atoms with Crippen molar-refractivity contribution in [2.45, 2.75) is 40.2 Å². The molecule has 1 N–H and O–H groups in total. The maximum Gasteiger partial charge on any atom is 0.255 e. The number of ketones is 1. The van der Waals surface area contributed by atoms with Gasteiger partial charge >= 0.3 is 0 Å². The van der Waals surface area contributed by atoms with Gasteiger partial charge in [0.25, 0.3) is 5.56 Å². The standard InChI is InChI=1S/C21H20N2O3/c1-4-13-15-8-12(24)6-7-17(15)22-20-16(13)10-23-18(20)9-14(19(25)5-2)11(3)21(23)26/h6-9,24H,4-5,10H2,1-3H3. The van der Waals surface area contributed by atoms with Gasteiger partial charge in [0.2, 0.25) is 0 Å². The van der Waals surface area contributed by atoms with Crippen molar-refractivity contribution in [1.29, 1.82) is 0 Å². The second-order valence-electron chi connectivity index (χ2n) is 6.71. The number of fused-ring (bicyclic) bond motifs is 4. The number of carbonyl (C=O) groups is 1. The van der Waals surface area contributed by atoms with Crippen LogP contribution in [0.15, 0.2) is 29.1 Å². The fraction of sp³-hybridized carbons (Fsp3) is 0.286. The smallest absolute Gasteiger partial charge is 0.255 e. The highest BCUT2D eigenvalue weighted by Crippen LogP contribution is 2.37. The maximum absolute atomic E-state index is 12.9. The van der Waals surface area contributed by atoms with Crippen LogP contribution < -0.4 is 5.56 Å². The number of benzene rings is 1. The third-order valence-electron chi connectivity index (χ3n) is 5.26. The van der Waals surface area contributed by atoms with Crippen LogP contribution in [0.4, 0.5) is 0 Å². The van der Waals surface area contributed by atoms with Crippen LogP contribution >= 0.6 is 0 Å². The Labute approximate surface area is 150 Å². The molecule has 0 saturated carbocycles. The Hall–Kier alpha value is -2.95. The van der Waals surface area contributed by atoms with E-state index >= 15 is 0 Å². The van der Waals surface area contributed by atoms with Gasteiger partial charge in [0.15, 0.2) is 5.78 Å². The van der Waals surface area contributed by atoms with Gasteiger partial charge in [-0.2, -0.15) is 0 Å². The SMILES string of the molecule is CCC(=O)c1cc2n(c(=O)c1C)Cc1c-2nc2ccc(O)cc2c1CC. The fourth-order valence-electron chi connectivity index (χ4n) is 3.88. The molecule has 0 saturated heterocycles. The highest BCUT2D eigenvalue weighted by Gasteiger charge is 2.27. The molecule has 132 valence electrons. The molecule has 26 heavy (non-hydrogen) atoms. The van der Waals surface area contributed by atoms with Crippen molar-refractivity contribution >= 4 is 16.7 Å². The Balaban J connectivity index is 2.07. The molecule has 0 fully saturated rings. The Kier molecular flexibility index (Phi) is 3.68. The Morgan fingerprint density at radius 3 is 2.73 bits per heavy atom. The van der Waals surface area contributed by atoms with E-state index in [4.69, 9.17) is 4.98 Å². The lowest BCUT2D eigenvalue weighted by atomic mass is 9.98. The summed E-state index contributed by atoms with van der Waals surface area (Å²) < 4.78 is 1.71. The summed E-state index contributed by atoms with van der Waals surface area (Å²) in [5.41, 5.74) is 5.19. The van der Waals surface area contributed by atoms with Crippen LogP contribution in [0, 0.1) is 6.92 Å². The first-order chi connectivity index (χ1) is 12.5. The number of pyridine rings is 2. The summed E-state index contributed by atoms with van der Waals surface area (Å²) in [7, 11) is 0. The van der Waals surface area contributed by atoms with Gasteiger partial charge in [0.05, 0.1) is 23.4 Å². The van der Waals surface area contributed by atoms with Gasteiger partial charge < -0.3 is 9.67 Å². The molecule has 0 bridgehead atoms. The van der Waals surface area contributed by atoms with Crippen LogP contribution in [0.5, 0.6) is 5.75 Å². The summed E-state index contributed by atoms with van der Waals surface area (Å²) in [5, 5.41) is 10.8. The summed E-state index contributed by atoms with van der Waals surface area (Å²) >= 11 is 0. The van der Waals surface area contributed by atoms with E-state index in [1.54, 1.807) is 36.6 Å². The number of phenols is 1. The van der Waals surface area contributed by atoms with Crippen molar-refractivity contribution in [3.8, 4) is 17.1 Å². The number of aromatic nitrogens is 2. The van der Waals surface area contributed by atoms with Crippen LogP contribution in [0.3, 0.4) is 0 Å². The summed E-state index contributed by atoms with van der Waals surface area (Å²) in [6.07, 6.45) is 1.13. The van der Waals surface area contributed by atoms with Crippen molar-refractivity contribution in [1.82, 2.24) is 9.55 Å². The van der Waals surface area contributed by atoms with Gasteiger partial charge in [-0.3, -0.25) is 9.59 Å². The number of hydrogen-bond donors (Lipinski definition) is 1. The first kappa shape index (κ1) is 16.5. The monoisotopic (exact) mass is 348 g/mol. The van der Waals surface area contributed by atoms with Gasteiger partial charge in [-0.15, -0.1) is 0 Å². The lowest BCUT2D eigenvalue weighted by Gasteiger charge is -2.10. The van der Waals surface area contributed by atoms with Gasteiger partial charge in [-0.1, -0.05) is 13.8 Å². The molecular weight excluding hydrogens is 328 g/mol. The molecule has 0 radical (unpaired) electrons. The quantitative estimate of drug-likeness (QED) is 0.574. The maximum atomic E-state index is 12.9. The van der Waals surface area contributed by atoms with Gasteiger partial charge in [0, 0.05) is 28.5 Å². The van der Waals surface area contributed by atoms with E-state index in [0.717, 1.165) is 34.1 Å². The molecule has 4 rings (SSSR count). The second-order valence-corrected chi connectivity index (χ2v) is 6.71. The van der Waals surface area contributed by atoms with E-state index in [2.05, 4.69) is 6.92 Å². The molecule has 0 unspecified atom stereocenters. The number of nitrogens with zero attached hydrogens (tertiary/aromatic N) is 2. The highest BCUT2D eigenvalue weighted by atomic mass is 16.3. The molecule has 1 aromatic carbocycles. The van der Waals surface area contributed by atoms with E-state index < -0.39 is 0 Å². The predicted octanol–water partition coefficient (Wildman–Crippen LogP) is 3.59. The number of hydrogen-bond acceptors (Lipinski definition) is 4. The van der Waals surface area contributed by atoms with E-state index in [1.165, 1.54) is 0 Å². The van der Waals surface area contributed by atoms with Gasteiger partial charge in [0.1, 0.15) is 5.75 Å². The average Bonchev–Trinajstić information content (AvgIpc) is 3.00. The largest absolute Gasteiger partial charge is 0.508 e. The number of phenolic OH excluding ortho intramolecular Hbond substituents is 1. The number of aromatic hydroxyl groups is 1. The minimum absolute atomic E-state index is 0.0297. The lowest BCUT2D eigenvalue weighted by molar-refractivity contribution is 0.0987. The zero-order valence-corrected chi connectivity index (χ0v) is 15.1. The molecule has 3 heterocycles. The second kappa shape index (κ2) is 5.80. The topological polar surface area (TPSA) is 72.2 Å². The van der Waals surface area contributed by atoms with E-state index in [0.29, 0.717) is 29.8 Å². The number of carbonyl (C=O) groups excluding carboxylic acids is 1. The first-order valence-corrected chi connectivity index (χ1v) is 8.88. The highest BCUT2D eigenvalue weighted by molar-refractivity contribution is 5.98. The molecule has 5 nitrogen and oxygen atoms in total. The molecule has 3 aromatic rings. The number of aryl methyl sites for hydroxylation is 1. The normalized spacial score (nSPS) is 12.3. The van der Waals surface area contributed by atoms with Crippen LogP contribution in [0.1, 0.15) is 47.3 Å². The van der Waals surface area contributed by atoms with Crippen molar-refractivity contribution < 1.29 is 9.90 Å². The minimum atomic E-state index is -0.133. The third kappa shape index (κ3) is 2.20. The van der Waals surface area contributed by atoms with Gasteiger partial charge in [-0.25, -0.2) is 4.98 Å². The van der Waals surface area contributed by atoms with Gasteiger partial charge in [-0.05, 0) is 43.2 Å². The zero-order chi connectivity index (χ0) is 18.6. The van der Waals surface area contributed by atoms with Crippen LogP contribution in [0.2, 0.25) is 0 Å². The van der Waals surface area contributed by atoms with Crippen LogP contribution in [0.25, 0.3) is 22.3 Å². The minimum Gasteiger partial charge on any atom is -0.508 e. The Morgan fingerprint density at radius 1 is 1.27 bits per heavy atom. The molecular formula is C21H20N2O3. The summed E-state index contributed by atoms with van der Waals surface area (Å²) in [4.78, 5) is 29.9. The number of rotatable bonds is 3.